The number of thioether (sulfide) groups is 1. The Kier molecular flexibility index (Phi) is 6.08. The van der Waals surface area contributed by atoms with E-state index in [0.717, 1.165) is 40.6 Å². The van der Waals surface area contributed by atoms with Crippen molar-refractivity contribution in [1.29, 1.82) is 0 Å². The molecule has 2 aromatic carbocycles. The molecule has 0 N–H and O–H groups in total. The quantitative estimate of drug-likeness (QED) is 0.306. The van der Waals surface area contributed by atoms with Gasteiger partial charge in [-0.3, -0.25) is 13.8 Å². The lowest BCUT2D eigenvalue weighted by atomic mass is 10.1. The molecule has 2 heterocycles. The van der Waals surface area contributed by atoms with E-state index < -0.39 is 0 Å². The minimum Gasteiger partial charge on any atom is -0.492 e. The van der Waals surface area contributed by atoms with Crippen LogP contribution < -0.4 is 10.3 Å². The van der Waals surface area contributed by atoms with Crippen LogP contribution in [0.25, 0.3) is 16.7 Å². The van der Waals surface area contributed by atoms with E-state index in [9.17, 15) is 4.79 Å². The van der Waals surface area contributed by atoms with E-state index in [1.54, 1.807) is 16.3 Å². The molecule has 4 aromatic rings. The van der Waals surface area contributed by atoms with Gasteiger partial charge in [0.05, 0.1) is 17.5 Å². The van der Waals surface area contributed by atoms with E-state index in [2.05, 4.69) is 49.2 Å². The zero-order chi connectivity index (χ0) is 21.1. The number of hydrogen-bond acceptors (Lipinski definition) is 5. The van der Waals surface area contributed by atoms with Crippen molar-refractivity contribution in [2.45, 2.75) is 45.3 Å². The summed E-state index contributed by atoms with van der Waals surface area (Å²) >= 11 is 1.59. The topological polar surface area (TPSA) is 61.4 Å². The fourth-order valence-corrected chi connectivity index (χ4v) is 4.25. The van der Waals surface area contributed by atoms with Crippen LogP contribution in [-0.4, -0.2) is 31.5 Å². The Labute approximate surface area is 179 Å². The second kappa shape index (κ2) is 8.92. The Bertz CT molecular complexity index is 1250. The molecule has 0 atom stereocenters. The predicted octanol–water partition coefficient (Wildman–Crippen LogP) is 4.63. The summed E-state index contributed by atoms with van der Waals surface area (Å²) in [5.41, 5.74) is 3.15. The van der Waals surface area contributed by atoms with Crippen molar-refractivity contribution in [2.24, 2.45) is 0 Å². The summed E-state index contributed by atoms with van der Waals surface area (Å²) in [4.78, 5) is 13.0. The van der Waals surface area contributed by atoms with Gasteiger partial charge in [0.2, 0.25) is 5.78 Å². The van der Waals surface area contributed by atoms with Crippen LogP contribution in [0, 0.1) is 13.8 Å². The Morgan fingerprint density at radius 2 is 1.93 bits per heavy atom. The number of fused-ring (bicyclic) bond motifs is 3. The number of para-hydroxylation sites is 1. The minimum atomic E-state index is -0.00578. The summed E-state index contributed by atoms with van der Waals surface area (Å²) in [6, 6.07) is 13.9. The summed E-state index contributed by atoms with van der Waals surface area (Å²) < 4.78 is 9.72. The summed E-state index contributed by atoms with van der Waals surface area (Å²) in [5, 5.41) is 10.2. The standard InChI is InChI=1S/C23H26N4O2S/c1-4-5-12-26-21(28)18-8-6-7-9-19(18)27-22(26)24-25-23(27)30-14-13-29-20-15-16(2)10-11-17(20)3/h6-11,15H,4-5,12-14H2,1-3H3. The average molecular weight is 423 g/mol. The van der Waals surface area contributed by atoms with Crippen molar-refractivity contribution in [3.63, 3.8) is 0 Å². The molecule has 30 heavy (non-hydrogen) atoms. The third-order valence-corrected chi connectivity index (χ3v) is 6.02. The first-order valence-electron chi connectivity index (χ1n) is 10.3. The summed E-state index contributed by atoms with van der Waals surface area (Å²) in [7, 11) is 0. The monoisotopic (exact) mass is 422 g/mol. The van der Waals surface area contributed by atoms with E-state index >= 15 is 0 Å². The Morgan fingerprint density at radius 3 is 2.77 bits per heavy atom. The third-order valence-electron chi connectivity index (χ3n) is 5.13. The smallest absolute Gasteiger partial charge is 0.262 e. The summed E-state index contributed by atoms with van der Waals surface area (Å²) in [6.07, 6.45) is 1.93. The molecule has 0 spiro atoms. The molecule has 0 saturated heterocycles. The van der Waals surface area contributed by atoms with Crippen LogP contribution in [0.5, 0.6) is 5.75 Å². The van der Waals surface area contributed by atoms with Gasteiger partial charge in [0.25, 0.3) is 5.56 Å². The van der Waals surface area contributed by atoms with Crippen molar-refractivity contribution >= 4 is 28.4 Å². The molecule has 4 rings (SSSR count). The van der Waals surface area contributed by atoms with E-state index in [1.807, 2.05) is 28.7 Å². The van der Waals surface area contributed by atoms with Crippen molar-refractivity contribution < 1.29 is 4.74 Å². The molecule has 0 saturated carbocycles. The average Bonchev–Trinajstić information content (AvgIpc) is 3.17. The van der Waals surface area contributed by atoms with Gasteiger partial charge in [-0.1, -0.05) is 49.4 Å². The molecule has 0 fully saturated rings. The fourth-order valence-electron chi connectivity index (χ4n) is 3.49. The Morgan fingerprint density at radius 1 is 1.10 bits per heavy atom. The van der Waals surface area contributed by atoms with Crippen LogP contribution in [0.2, 0.25) is 0 Å². The largest absolute Gasteiger partial charge is 0.492 e. The lowest BCUT2D eigenvalue weighted by molar-refractivity contribution is 0.341. The maximum absolute atomic E-state index is 13.0. The number of aryl methyl sites for hydroxylation is 3. The van der Waals surface area contributed by atoms with Crippen molar-refractivity contribution in [3.05, 3.63) is 63.9 Å². The predicted molar refractivity (Wildman–Crippen MR) is 122 cm³/mol. The normalized spacial score (nSPS) is 11.4. The van der Waals surface area contributed by atoms with Crippen LogP contribution in [0.1, 0.15) is 30.9 Å². The SMILES string of the molecule is CCCCn1c(=O)c2ccccc2n2c(SCCOc3cc(C)ccc3C)nnc12. The number of unbranched alkanes of at least 4 members (excludes halogenated alkanes) is 1. The molecule has 0 aliphatic carbocycles. The first-order chi connectivity index (χ1) is 14.6. The van der Waals surface area contributed by atoms with Gasteiger partial charge in [-0.2, -0.15) is 0 Å². The molecule has 0 radical (unpaired) electrons. The van der Waals surface area contributed by atoms with Crippen LogP contribution in [-0.2, 0) is 6.54 Å². The zero-order valence-electron chi connectivity index (χ0n) is 17.6. The molecule has 7 heteroatoms. The molecule has 6 nitrogen and oxygen atoms in total. The molecule has 0 aliphatic heterocycles. The number of ether oxygens (including phenoxy) is 1. The highest BCUT2D eigenvalue weighted by Gasteiger charge is 2.16. The number of benzene rings is 2. The highest BCUT2D eigenvalue weighted by Crippen LogP contribution is 2.23. The van der Waals surface area contributed by atoms with Gasteiger partial charge in [0.15, 0.2) is 5.16 Å². The van der Waals surface area contributed by atoms with Crippen molar-refractivity contribution in [2.75, 3.05) is 12.4 Å². The molecular weight excluding hydrogens is 396 g/mol. The molecule has 2 aromatic heterocycles. The number of hydrogen-bond donors (Lipinski definition) is 0. The van der Waals surface area contributed by atoms with E-state index in [1.165, 1.54) is 5.56 Å². The zero-order valence-corrected chi connectivity index (χ0v) is 18.4. The lowest BCUT2D eigenvalue weighted by Gasteiger charge is -2.11. The molecular formula is C23H26N4O2S. The molecule has 0 unspecified atom stereocenters. The van der Waals surface area contributed by atoms with Gasteiger partial charge < -0.3 is 4.74 Å². The summed E-state index contributed by atoms with van der Waals surface area (Å²) in [5.74, 6) is 2.25. The minimum absolute atomic E-state index is 0.00578. The van der Waals surface area contributed by atoms with E-state index in [-0.39, 0.29) is 5.56 Å². The highest BCUT2D eigenvalue weighted by atomic mass is 32.2. The number of aromatic nitrogens is 4. The van der Waals surface area contributed by atoms with E-state index in [0.29, 0.717) is 24.3 Å². The maximum atomic E-state index is 13.0. The van der Waals surface area contributed by atoms with Gasteiger partial charge in [-0.05, 0) is 49.6 Å². The molecule has 0 bridgehead atoms. The van der Waals surface area contributed by atoms with Crippen LogP contribution in [0.3, 0.4) is 0 Å². The van der Waals surface area contributed by atoms with Crippen molar-refractivity contribution in [1.82, 2.24) is 19.2 Å². The van der Waals surface area contributed by atoms with Crippen LogP contribution >= 0.6 is 11.8 Å². The van der Waals surface area contributed by atoms with Gasteiger partial charge in [0, 0.05) is 12.3 Å². The highest BCUT2D eigenvalue weighted by molar-refractivity contribution is 7.99. The van der Waals surface area contributed by atoms with Crippen LogP contribution in [0.4, 0.5) is 0 Å². The first kappa shape index (κ1) is 20.5. The van der Waals surface area contributed by atoms with Gasteiger partial charge in [-0.25, -0.2) is 0 Å². The van der Waals surface area contributed by atoms with Gasteiger partial charge in [-0.15, -0.1) is 10.2 Å². The van der Waals surface area contributed by atoms with Crippen molar-refractivity contribution in [3.8, 4) is 5.75 Å². The first-order valence-corrected chi connectivity index (χ1v) is 11.3. The summed E-state index contributed by atoms with van der Waals surface area (Å²) in [6.45, 7) is 7.44. The van der Waals surface area contributed by atoms with Crippen LogP contribution in [0.15, 0.2) is 52.4 Å². The number of nitrogens with zero attached hydrogens (tertiary/aromatic N) is 4. The molecule has 0 amide bonds. The van der Waals surface area contributed by atoms with E-state index in [4.69, 9.17) is 4.74 Å². The second-order valence-corrected chi connectivity index (χ2v) is 8.47. The fraction of sp³-hybridized carbons (Fsp3) is 0.348. The number of rotatable bonds is 8. The second-order valence-electron chi connectivity index (χ2n) is 7.41. The van der Waals surface area contributed by atoms with Gasteiger partial charge in [0.1, 0.15) is 5.75 Å². The Hall–Kier alpha value is -2.80. The third kappa shape index (κ3) is 3.94. The Balaban J connectivity index is 1.61. The lowest BCUT2D eigenvalue weighted by Crippen LogP contribution is -2.23. The van der Waals surface area contributed by atoms with Gasteiger partial charge >= 0.3 is 0 Å². The molecule has 0 aliphatic rings. The maximum Gasteiger partial charge on any atom is 0.262 e. The molecule has 156 valence electrons.